The van der Waals surface area contributed by atoms with Crippen molar-refractivity contribution in [1.29, 1.82) is 0 Å². The van der Waals surface area contributed by atoms with E-state index in [0.29, 0.717) is 0 Å². The number of hydrogen-bond donors (Lipinski definition) is 12. The minimum atomic E-state index is -1.88. The van der Waals surface area contributed by atoms with Gasteiger partial charge in [-0.25, -0.2) is 0 Å². The van der Waals surface area contributed by atoms with Gasteiger partial charge in [0.15, 0.2) is 18.9 Å². The fourth-order valence-electron chi connectivity index (χ4n) is 6.14. The van der Waals surface area contributed by atoms with Crippen LogP contribution in [0.5, 0.6) is 0 Å². The Morgan fingerprint density at radius 2 is 1.18 bits per heavy atom. The van der Waals surface area contributed by atoms with Crippen LogP contribution < -0.4 is 10.6 Å². The van der Waals surface area contributed by atoms with Crippen LogP contribution in [0.3, 0.4) is 0 Å². The SMILES string of the molecule is CC(=O)N[C@H]1[C@H](O[C@H]2[C@H](O)[C@@H](NC(C)=O)CO[C@@H]2CO[C@H]2O[C@@H](C)[C@@H](O)[C@@H](O)[C@@H]2O)O[C@H](CO)[C@@H](O[C@@H]2O[C@H](CO)[C@@H](O)[C@H](O)[C@@H]2O)[C@@H]1O. The monoisotopic (exact) mass is 716 g/mol. The van der Waals surface area contributed by atoms with Gasteiger partial charge >= 0.3 is 0 Å². The number of ether oxygens (including phenoxy) is 7. The number of hydrogen-bond acceptors (Lipinski definition) is 19. The maximum atomic E-state index is 12.2. The van der Waals surface area contributed by atoms with Gasteiger partial charge in [0.2, 0.25) is 11.8 Å². The molecule has 4 rings (SSSR count). The molecule has 0 aromatic carbocycles. The average molecular weight is 717 g/mol. The number of amides is 2. The third kappa shape index (κ3) is 9.02. The summed E-state index contributed by atoms with van der Waals surface area (Å²) in [5.41, 5.74) is 0. The summed E-state index contributed by atoms with van der Waals surface area (Å²) in [5, 5.41) is 109. The minimum absolute atomic E-state index is 0.238. The lowest BCUT2D eigenvalue weighted by molar-refractivity contribution is -0.358. The molecule has 0 aromatic heterocycles. The highest BCUT2D eigenvalue weighted by atomic mass is 16.7. The number of nitrogens with one attached hydrogen (secondary N) is 2. The molecule has 0 saturated carbocycles. The summed E-state index contributed by atoms with van der Waals surface area (Å²) in [5.74, 6) is -1.21. The van der Waals surface area contributed by atoms with Gasteiger partial charge in [0.1, 0.15) is 85.4 Å². The second kappa shape index (κ2) is 17.2. The van der Waals surface area contributed by atoms with Gasteiger partial charge < -0.3 is 94.9 Å². The first-order chi connectivity index (χ1) is 23.1. The molecule has 21 nitrogen and oxygen atoms in total. The van der Waals surface area contributed by atoms with Crippen LogP contribution >= 0.6 is 0 Å². The molecule has 4 saturated heterocycles. The molecule has 4 aliphatic heterocycles. The fourth-order valence-corrected chi connectivity index (χ4v) is 6.14. The molecule has 4 aliphatic rings. The van der Waals surface area contributed by atoms with Gasteiger partial charge in [0.05, 0.1) is 38.6 Å². The third-order valence-corrected chi connectivity index (χ3v) is 8.88. The minimum Gasteiger partial charge on any atom is -0.394 e. The molecule has 0 spiro atoms. The van der Waals surface area contributed by atoms with Crippen molar-refractivity contribution in [3.63, 3.8) is 0 Å². The molecule has 284 valence electrons. The highest BCUT2D eigenvalue weighted by molar-refractivity contribution is 5.73. The molecule has 21 heteroatoms. The van der Waals surface area contributed by atoms with Crippen molar-refractivity contribution in [1.82, 2.24) is 10.6 Å². The lowest BCUT2D eigenvalue weighted by Gasteiger charge is -2.49. The van der Waals surface area contributed by atoms with Gasteiger partial charge in [-0.3, -0.25) is 9.59 Å². The maximum absolute atomic E-state index is 12.2. The molecule has 2 amide bonds. The smallest absolute Gasteiger partial charge is 0.217 e. The van der Waals surface area contributed by atoms with E-state index >= 15 is 0 Å². The van der Waals surface area contributed by atoms with Crippen molar-refractivity contribution in [3.05, 3.63) is 0 Å². The van der Waals surface area contributed by atoms with E-state index in [4.69, 9.17) is 33.2 Å². The van der Waals surface area contributed by atoms with Crippen LogP contribution in [-0.2, 0) is 42.7 Å². The zero-order valence-corrected chi connectivity index (χ0v) is 26.9. The van der Waals surface area contributed by atoms with Gasteiger partial charge in [-0.15, -0.1) is 0 Å². The first kappa shape index (κ1) is 40.0. The first-order valence-corrected chi connectivity index (χ1v) is 15.8. The molecular formula is C28H48N2O19. The normalized spacial score (nSPS) is 47.7. The van der Waals surface area contributed by atoms with Crippen LogP contribution in [0.4, 0.5) is 0 Å². The molecule has 0 radical (unpaired) electrons. The number of rotatable bonds is 11. The van der Waals surface area contributed by atoms with E-state index in [-0.39, 0.29) is 6.61 Å². The standard InChI is InChI=1S/C28H48N2O19/c1-8-16(35)20(39)22(41)27(45-8)44-7-14-25(17(36)11(6-43-14)29-9(2)33)48-26-15(30-10(3)34)19(38)24(13(5-32)47-26)49-28-23(42)21(40)18(37)12(4-31)46-28/h8,11-28,31-32,35-42H,4-7H2,1-3H3,(H,29,33)(H,30,34)/t8-,11-,12+,13+,14+,15+,16+,17+,18+,19+,20+,21-,22-,23-,24+,25+,26-,27-,28-/m0/s1. The van der Waals surface area contributed by atoms with E-state index in [1.807, 2.05) is 0 Å². The van der Waals surface area contributed by atoms with Gasteiger partial charge in [-0.2, -0.15) is 0 Å². The van der Waals surface area contributed by atoms with Crippen LogP contribution in [0.25, 0.3) is 0 Å². The molecule has 0 bridgehead atoms. The summed E-state index contributed by atoms with van der Waals surface area (Å²) >= 11 is 0. The fraction of sp³-hybridized carbons (Fsp3) is 0.929. The van der Waals surface area contributed by atoms with Crippen molar-refractivity contribution in [3.8, 4) is 0 Å². The zero-order chi connectivity index (χ0) is 36.3. The van der Waals surface area contributed by atoms with Crippen LogP contribution in [0.2, 0.25) is 0 Å². The topological polar surface area (TPSA) is 325 Å². The number of carbonyl (C=O) groups is 2. The Bertz CT molecular complexity index is 1090. The molecule has 49 heavy (non-hydrogen) atoms. The van der Waals surface area contributed by atoms with Crippen molar-refractivity contribution < 1.29 is 93.8 Å². The Balaban J connectivity index is 1.56. The van der Waals surface area contributed by atoms with Crippen LogP contribution in [0.15, 0.2) is 0 Å². The van der Waals surface area contributed by atoms with Crippen molar-refractivity contribution in [2.45, 2.75) is 137 Å². The first-order valence-electron chi connectivity index (χ1n) is 15.8. The van der Waals surface area contributed by atoms with Crippen molar-refractivity contribution >= 4 is 11.8 Å². The number of aliphatic hydroxyl groups excluding tert-OH is 10. The van der Waals surface area contributed by atoms with Crippen LogP contribution in [0.1, 0.15) is 20.8 Å². The maximum Gasteiger partial charge on any atom is 0.217 e. The summed E-state index contributed by atoms with van der Waals surface area (Å²) in [4.78, 5) is 24.1. The summed E-state index contributed by atoms with van der Waals surface area (Å²) in [6.45, 7) is 1.44. The summed E-state index contributed by atoms with van der Waals surface area (Å²) < 4.78 is 39.9. The predicted octanol–water partition coefficient (Wildman–Crippen LogP) is -7.75. The Morgan fingerprint density at radius 1 is 0.633 bits per heavy atom. The average Bonchev–Trinajstić information content (AvgIpc) is 3.05. The molecule has 12 N–H and O–H groups in total. The Hall–Kier alpha value is -1.74. The number of carbonyl (C=O) groups excluding carboxylic acids is 2. The molecule has 4 heterocycles. The third-order valence-electron chi connectivity index (χ3n) is 8.88. The molecule has 19 atom stereocenters. The second-order valence-corrected chi connectivity index (χ2v) is 12.5. The van der Waals surface area contributed by atoms with E-state index in [9.17, 15) is 60.7 Å². The molecular weight excluding hydrogens is 668 g/mol. The highest BCUT2D eigenvalue weighted by Crippen LogP contribution is 2.32. The van der Waals surface area contributed by atoms with E-state index in [2.05, 4.69) is 10.6 Å². The molecule has 4 fully saturated rings. The summed E-state index contributed by atoms with van der Waals surface area (Å²) in [6, 6.07) is -2.54. The molecule has 0 aliphatic carbocycles. The van der Waals surface area contributed by atoms with Gasteiger partial charge in [0, 0.05) is 13.8 Å². The van der Waals surface area contributed by atoms with Crippen molar-refractivity contribution in [2.75, 3.05) is 26.4 Å². The predicted molar refractivity (Wildman–Crippen MR) is 155 cm³/mol. The molecule has 0 unspecified atom stereocenters. The Morgan fingerprint density at radius 3 is 1.80 bits per heavy atom. The van der Waals surface area contributed by atoms with E-state index in [1.165, 1.54) is 13.8 Å². The van der Waals surface area contributed by atoms with Gasteiger partial charge in [-0.05, 0) is 6.92 Å². The quantitative estimate of drug-likeness (QED) is 0.0944. The van der Waals surface area contributed by atoms with Crippen LogP contribution in [0, 0.1) is 0 Å². The Kier molecular flexibility index (Phi) is 14.0. The van der Waals surface area contributed by atoms with E-state index in [0.717, 1.165) is 6.92 Å². The lowest BCUT2D eigenvalue weighted by atomic mass is 9.94. The van der Waals surface area contributed by atoms with Crippen LogP contribution in [-0.4, -0.2) is 206 Å². The van der Waals surface area contributed by atoms with Crippen molar-refractivity contribution in [2.24, 2.45) is 0 Å². The molecule has 0 aromatic rings. The van der Waals surface area contributed by atoms with Gasteiger partial charge in [0.25, 0.3) is 0 Å². The zero-order valence-electron chi connectivity index (χ0n) is 26.9. The van der Waals surface area contributed by atoms with Gasteiger partial charge in [-0.1, -0.05) is 0 Å². The Labute approximate surface area is 280 Å². The largest absolute Gasteiger partial charge is 0.394 e. The lowest BCUT2D eigenvalue weighted by Crippen LogP contribution is -2.69. The highest BCUT2D eigenvalue weighted by Gasteiger charge is 2.53. The van der Waals surface area contributed by atoms with E-state index in [1.54, 1.807) is 0 Å². The van der Waals surface area contributed by atoms with E-state index < -0.39 is 148 Å². The second-order valence-electron chi connectivity index (χ2n) is 12.5. The summed E-state index contributed by atoms with van der Waals surface area (Å²) in [7, 11) is 0. The number of aliphatic hydroxyl groups is 10. The summed E-state index contributed by atoms with van der Waals surface area (Å²) in [6.07, 6.45) is -26.3.